The van der Waals surface area contributed by atoms with Crippen LogP contribution < -0.4 is 5.11 Å². The third kappa shape index (κ3) is 7.03. The SMILES string of the molecule is CCCCN=C(C)CC(=O)[O-]. The van der Waals surface area contributed by atoms with Gasteiger partial charge in [0.1, 0.15) is 0 Å². The molecule has 0 saturated heterocycles. The Morgan fingerprint density at radius 3 is 2.64 bits per heavy atom. The zero-order valence-corrected chi connectivity index (χ0v) is 7.09. The van der Waals surface area contributed by atoms with E-state index in [1.165, 1.54) is 0 Å². The lowest BCUT2D eigenvalue weighted by Crippen LogP contribution is -2.24. The molecule has 0 aromatic heterocycles. The number of rotatable bonds is 5. The number of carboxylic acid groups (broad SMARTS) is 1. The minimum absolute atomic E-state index is 0.0380. The van der Waals surface area contributed by atoms with Crippen LogP contribution in [0.25, 0.3) is 0 Å². The zero-order valence-electron chi connectivity index (χ0n) is 7.09. The zero-order chi connectivity index (χ0) is 8.69. The van der Waals surface area contributed by atoms with E-state index in [1.807, 2.05) is 0 Å². The van der Waals surface area contributed by atoms with E-state index >= 15 is 0 Å². The molecule has 0 fully saturated rings. The van der Waals surface area contributed by atoms with Crippen LogP contribution in [0.1, 0.15) is 33.1 Å². The molecule has 0 spiro atoms. The molecule has 64 valence electrons. The van der Waals surface area contributed by atoms with Crippen molar-refractivity contribution in [2.75, 3.05) is 6.54 Å². The molecule has 11 heavy (non-hydrogen) atoms. The second-order valence-corrected chi connectivity index (χ2v) is 2.52. The van der Waals surface area contributed by atoms with Gasteiger partial charge in [0.2, 0.25) is 0 Å². The normalized spacial score (nSPS) is 11.6. The maximum atomic E-state index is 10.1. The van der Waals surface area contributed by atoms with Gasteiger partial charge in [-0.05, 0) is 13.3 Å². The molecule has 0 amide bonds. The first-order chi connectivity index (χ1) is 5.16. The van der Waals surface area contributed by atoms with Gasteiger partial charge in [0.25, 0.3) is 0 Å². The highest BCUT2D eigenvalue weighted by molar-refractivity contribution is 5.95. The largest absolute Gasteiger partial charge is 0.550 e. The predicted octanol–water partition coefficient (Wildman–Crippen LogP) is 0.387. The summed E-state index contributed by atoms with van der Waals surface area (Å²) >= 11 is 0. The molecular formula is C8H14NO2-. The third-order valence-corrected chi connectivity index (χ3v) is 1.29. The number of aliphatic imine (C=N–C) groups is 1. The van der Waals surface area contributed by atoms with Crippen LogP contribution in [0.15, 0.2) is 4.99 Å². The van der Waals surface area contributed by atoms with Crippen molar-refractivity contribution in [3.63, 3.8) is 0 Å². The van der Waals surface area contributed by atoms with Crippen molar-refractivity contribution in [2.24, 2.45) is 4.99 Å². The fraction of sp³-hybridized carbons (Fsp3) is 0.750. The minimum Gasteiger partial charge on any atom is -0.550 e. The molecule has 0 aliphatic carbocycles. The van der Waals surface area contributed by atoms with Gasteiger partial charge in [-0.1, -0.05) is 13.3 Å². The molecule has 0 rings (SSSR count). The first kappa shape index (κ1) is 10.1. The molecule has 0 saturated carbocycles. The van der Waals surface area contributed by atoms with Crippen LogP contribution in [-0.4, -0.2) is 18.2 Å². The van der Waals surface area contributed by atoms with Crippen molar-refractivity contribution >= 4 is 11.7 Å². The summed E-state index contributed by atoms with van der Waals surface area (Å²) in [5, 5.41) is 10.1. The van der Waals surface area contributed by atoms with Crippen LogP contribution >= 0.6 is 0 Å². The molecule has 0 radical (unpaired) electrons. The second kappa shape index (κ2) is 5.89. The summed E-state index contributed by atoms with van der Waals surface area (Å²) in [7, 11) is 0. The quantitative estimate of drug-likeness (QED) is 0.427. The molecule has 3 nitrogen and oxygen atoms in total. The topological polar surface area (TPSA) is 52.5 Å². The number of hydrogen-bond acceptors (Lipinski definition) is 3. The summed E-state index contributed by atoms with van der Waals surface area (Å²) in [5.41, 5.74) is 0.651. The summed E-state index contributed by atoms with van der Waals surface area (Å²) < 4.78 is 0. The van der Waals surface area contributed by atoms with E-state index in [-0.39, 0.29) is 6.42 Å². The van der Waals surface area contributed by atoms with E-state index in [0.717, 1.165) is 19.4 Å². The van der Waals surface area contributed by atoms with E-state index < -0.39 is 5.97 Å². The Morgan fingerprint density at radius 1 is 1.55 bits per heavy atom. The first-order valence-corrected chi connectivity index (χ1v) is 3.86. The summed E-state index contributed by atoms with van der Waals surface area (Å²) in [6.45, 7) is 4.52. The van der Waals surface area contributed by atoms with E-state index in [0.29, 0.717) is 5.71 Å². The Morgan fingerprint density at radius 2 is 2.18 bits per heavy atom. The smallest absolute Gasteiger partial charge is 0.0470 e. The van der Waals surface area contributed by atoms with Crippen molar-refractivity contribution < 1.29 is 9.90 Å². The maximum absolute atomic E-state index is 10.1. The molecule has 0 aromatic carbocycles. The molecule has 0 unspecified atom stereocenters. The van der Waals surface area contributed by atoms with Gasteiger partial charge >= 0.3 is 0 Å². The lowest BCUT2D eigenvalue weighted by Gasteiger charge is -2.00. The lowest BCUT2D eigenvalue weighted by atomic mass is 10.3. The molecule has 3 heteroatoms. The van der Waals surface area contributed by atoms with Gasteiger partial charge in [-0.25, -0.2) is 0 Å². The van der Waals surface area contributed by atoms with Crippen LogP contribution in [0.3, 0.4) is 0 Å². The van der Waals surface area contributed by atoms with Crippen molar-refractivity contribution in [1.82, 2.24) is 0 Å². The molecule has 0 aliphatic rings. The van der Waals surface area contributed by atoms with Gasteiger partial charge in [-0.15, -0.1) is 0 Å². The average Bonchev–Trinajstić information content (AvgIpc) is 1.86. The average molecular weight is 156 g/mol. The molecular weight excluding hydrogens is 142 g/mol. The highest BCUT2D eigenvalue weighted by atomic mass is 16.4. The molecule has 0 atom stereocenters. The van der Waals surface area contributed by atoms with Gasteiger partial charge in [-0.3, -0.25) is 4.99 Å². The number of carbonyl (C=O) groups is 1. The minimum atomic E-state index is -1.05. The van der Waals surface area contributed by atoms with Crippen molar-refractivity contribution in [3.8, 4) is 0 Å². The van der Waals surface area contributed by atoms with Crippen molar-refractivity contribution in [2.45, 2.75) is 33.1 Å². The second-order valence-electron chi connectivity index (χ2n) is 2.52. The van der Waals surface area contributed by atoms with Crippen LogP contribution in [0, 0.1) is 0 Å². The van der Waals surface area contributed by atoms with Crippen LogP contribution in [0.4, 0.5) is 0 Å². The van der Waals surface area contributed by atoms with Gasteiger partial charge in [0.05, 0.1) is 0 Å². The molecule has 0 bridgehead atoms. The van der Waals surface area contributed by atoms with Crippen molar-refractivity contribution in [3.05, 3.63) is 0 Å². The fourth-order valence-electron chi connectivity index (χ4n) is 0.693. The Hall–Kier alpha value is -0.860. The lowest BCUT2D eigenvalue weighted by molar-refractivity contribution is -0.303. The molecule has 0 aliphatic heterocycles. The van der Waals surface area contributed by atoms with Gasteiger partial charge in [-0.2, -0.15) is 0 Å². The van der Waals surface area contributed by atoms with Gasteiger partial charge in [0, 0.05) is 24.6 Å². The predicted molar refractivity (Wildman–Crippen MR) is 42.5 cm³/mol. The van der Waals surface area contributed by atoms with Crippen molar-refractivity contribution in [1.29, 1.82) is 0 Å². The van der Waals surface area contributed by atoms with Gasteiger partial charge in [0.15, 0.2) is 0 Å². The van der Waals surface area contributed by atoms with Crippen LogP contribution in [0.2, 0.25) is 0 Å². The van der Waals surface area contributed by atoms with E-state index in [9.17, 15) is 9.90 Å². The van der Waals surface area contributed by atoms with Gasteiger partial charge < -0.3 is 9.90 Å². The number of unbranched alkanes of at least 4 members (excludes halogenated alkanes) is 1. The number of aliphatic carboxylic acids is 1. The Bertz CT molecular complexity index is 152. The summed E-state index contributed by atoms with van der Waals surface area (Å²) in [6, 6.07) is 0. The number of nitrogens with zero attached hydrogens (tertiary/aromatic N) is 1. The standard InChI is InChI=1S/C8H15NO2/c1-3-4-5-9-7(2)6-8(10)11/h3-6H2,1-2H3,(H,10,11)/p-1. The molecule has 0 heterocycles. The number of carboxylic acids is 1. The molecule has 0 aromatic rings. The highest BCUT2D eigenvalue weighted by Gasteiger charge is 1.90. The Labute approximate surface area is 67.1 Å². The molecule has 0 N–H and O–H groups in total. The summed E-state index contributed by atoms with van der Waals surface area (Å²) in [5.74, 6) is -1.05. The summed E-state index contributed by atoms with van der Waals surface area (Å²) in [6.07, 6.45) is 2.07. The third-order valence-electron chi connectivity index (χ3n) is 1.29. The van der Waals surface area contributed by atoms with Crippen LogP contribution in [0.5, 0.6) is 0 Å². The van der Waals surface area contributed by atoms with E-state index in [2.05, 4.69) is 11.9 Å². The maximum Gasteiger partial charge on any atom is 0.0470 e. The van der Waals surface area contributed by atoms with Crippen LogP contribution in [-0.2, 0) is 4.79 Å². The number of carbonyl (C=O) groups excluding carboxylic acids is 1. The van der Waals surface area contributed by atoms with E-state index in [4.69, 9.17) is 0 Å². The first-order valence-electron chi connectivity index (χ1n) is 3.86. The summed E-state index contributed by atoms with van der Waals surface area (Å²) in [4.78, 5) is 14.1. The monoisotopic (exact) mass is 156 g/mol. The number of hydrogen-bond donors (Lipinski definition) is 0. The fourth-order valence-corrected chi connectivity index (χ4v) is 0.693. The Kier molecular flexibility index (Phi) is 5.43. The highest BCUT2D eigenvalue weighted by Crippen LogP contribution is 1.90. The van der Waals surface area contributed by atoms with E-state index in [1.54, 1.807) is 6.92 Å². The Balaban J connectivity index is 3.54.